The third kappa shape index (κ3) is 2.64. The zero-order valence-corrected chi connectivity index (χ0v) is 15.2. The Morgan fingerprint density at radius 1 is 1.26 bits per heavy atom. The Balaban J connectivity index is 1.59. The van der Waals surface area contributed by atoms with Crippen LogP contribution in [0, 0.1) is 6.92 Å². The normalized spacial score (nSPS) is 15.4. The molecule has 0 aliphatic heterocycles. The van der Waals surface area contributed by atoms with E-state index in [0.717, 1.165) is 24.2 Å². The highest BCUT2D eigenvalue weighted by Crippen LogP contribution is 2.50. The summed E-state index contributed by atoms with van der Waals surface area (Å²) >= 11 is 0. The molecule has 0 spiro atoms. The zero-order chi connectivity index (χ0) is 18.6. The summed E-state index contributed by atoms with van der Waals surface area (Å²) in [6.45, 7) is 4.31. The van der Waals surface area contributed by atoms with Gasteiger partial charge in [0.2, 0.25) is 11.7 Å². The van der Waals surface area contributed by atoms with Crippen LogP contribution in [0.3, 0.4) is 0 Å². The van der Waals surface area contributed by atoms with E-state index in [0.29, 0.717) is 28.8 Å². The van der Waals surface area contributed by atoms with E-state index in [2.05, 4.69) is 37.5 Å². The SMILES string of the molecule is Cc1cc(-c2nnc3cc(C4(C)CC4)c(OCc4ncnn4C)nn23)no1. The van der Waals surface area contributed by atoms with Crippen LogP contribution in [0.4, 0.5) is 0 Å². The number of rotatable bonds is 5. The molecule has 0 N–H and O–H groups in total. The van der Waals surface area contributed by atoms with Gasteiger partial charge >= 0.3 is 0 Å². The average molecular weight is 366 g/mol. The largest absolute Gasteiger partial charge is 0.468 e. The van der Waals surface area contributed by atoms with Crippen molar-refractivity contribution in [3.63, 3.8) is 0 Å². The van der Waals surface area contributed by atoms with Gasteiger partial charge in [0.25, 0.3) is 0 Å². The van der Waals surface area contributed by atoms with Crippen molar-refractivity contribution in [2.45, 2.75) is 38.7 Å². The topological polar surface area (TPSA) is 109 Å². The van der Waals surface area contributed by atoms with Gasteiger partial charge in [0.1, 0.15) is 18.7 Å². The fourth-order valence-corrected chi connectivity index (χ4v) is 3.03. The van der Waals surface area contributed by atoms with E-state index in [9.17, 15) is 0 Å². The molecule has 0 amide bonds. The molecule has 0 radical (unpaired) electrons. The highest BCUT2D eigenvalue weighted by Gasteiger charge is 2.42. The molecule has 10 nitrogen and oxygen atoms in total. The summed E-state index contributed by atoms with van der Waals surface area (Å²) in [4.78, 5) is 4.20. The number of hydrogen-bond donors (Lipinski definition) is 0. The second kappa shape index (κ2) is 5.60. The van der Waals surface area contributed by atoms with Gasteiger partial charge in [-0.15, -0.1) is 15.3 Å². The van der Waals surface area contributed by atoms with E-state index in [4.69, 9.17) is 9.26 Å². The van der Waals surface area contributed by atoms with Crippen LogP contribution in [0.25, 0.3) is 17.2 Å². The monoisotopic (exact) mass is 366 g/mol. The van der Waals surface area contributed by atoms with Gasteiger partial charge in [-0.1, -0.05) is 12.1 Å². The maximum absolute atomic E-state index is 6.05. The quantitative estimate of drug-likeness (QED) is 0.526. The first-order valence-corrected chi connectivity index (χ1v) is 8.70. The fourth-order valence-electron chi connectivity index (χ4n) is 3.03. The summed E-state index contributed by atoms with van der Waals surface area (Å²) < 4.78 is 14.5. The Morgan fingerprint density at radius 3 is 2.78 bits per heavy atom. The van der Waals surface area contributed by atoms with Crippen molar-refractivity contribution < 1.29 is 9.26 Å². The predicted octanol–water partition coefficient (Wildman–Crippen LogP) is 1.85. The highest BCUT2D eigenvalue weighted by molar-refractivity contribution is 5.57. The number of aryl methyl sites for hydroxylation is 2. The van der Waals surface area contributed by atoms with Gasteiger partial charge in [0.15, 0.2) is 17.2 Å². The molecular weight excluding hydrogens is 348 g/mol. The van der Waals surface area contributed by atoms with Gasteiger partial charge in [0, 0.05) is 18.7 Å². The molecule has 0 bridgehead atoms. The number of hydrogen-bond acceptors (Lipinski definition) is 8. The summed E-state index contributed by atoms with van der Waals surface area (Å²) in [5.41, 5.74) is 2.32. The number of aromatic nitrogens is 8. The summed E-state index contributed by atoms with van der Waals surface area (Å²) in [6.07, 6.45) is 3.69. The highest BCUT2D eigenvalue weighted by atomic mass is 16.5. The molecule has 1 aliphatic rings. The summed E-state index contributed by atoms with van der Waals surface area (Å²) in [5.74, 6) is 2.48. The van der Waals surface area contributed by atoms with Crippen LogP contribution in [0.5, 0.6) is 5.88 Å². The van der Waals surface area contributed by atoms with E-state index in [-0.39, 0.29) is 12.0 Å². The standard InChI is InChI=1S/C17H18N8O2/c1-10-6-12(23-27-10)15-21-20-13-7-11(17(2)4-5-17)16(22-25(13)15)26-8-14-18-9-19-24(14)3/h6-7,9H,4-5,8H2,1-3H3. The lowest BCUT2D eigenvalue weighted by Crippen LogP contribution is -2.12. The molecule has 0 aromatic carbocycles. The second-order valence-corrected chi connectivity index (χ2v) is 7.13. The lowest BCUT2D eigenvalue weighted by Gasteiger charge is -2.15. The first-order chi connectivity index (χ1) is 13.0. The van der Waals surface area contributed by atoms with Crippen LogP contribution >= 0.6 is 0 Å². The average Bonchev–Trinajstić information content (AvgIpc) is 3.01. The van der Waals surface area contributed by atoms with Gasteiger partial charge in [-0.2, -0.15) is 9.61 Å². The Morgan fingerprint density at radius 2 is 2.11 bits per heavy atom. The van der Waals surface area contributed by atoms with Crippen molar-refractivity contribution in [1.29, 1.82) is 0 Å². The molecule has 0 unspecified atom stereocenters. The van der Waals surface area contributed by atoms with Crippen molar-refractivity contribution in [2.75, 3.05) is 0 Å². The molecular formula is C17H18N8O2. The lowest BCUT2D eigenvalue weighted by atomic mass is 10.0. The molecule has 0 saturated heterocycles. The molecule has 1 fully saturated rings. The van der Waals surface area contributed by atoms with E-state index >= 15 is 0 Å². The first kappa shape index (κ1) is 15.9. The van der Waals surface area contributed by atoms with E-state index in [1.807, 2.05) is 20.0 Å². The van der Waals surface area contributed by atoms with Gasteiger partial charge in [0.05, 0.1) is 0 Å². The van der Waals surface area contributed by atoms with Gasteiger partial charge in [-0.05, 0) is 31.2 Å². The van der Waals surface area contributed by atoms with Crippen LogP contribution in [-0.4, -0.2) is 39.7 Å². The van der Waals surface area contributed by atoms with Crippen LogP contribution in [0.15, 0.2) is 23.0 Å². The maximum Gasteiger partial charge on any atom is 0.236 e. The van der Waals surface area contributed by atoms with Gasteiger partial charge in [-0.3, -0.25) is 4.68 Å². The molecule has 0 atom stereocenters. The predicted molar refractivity (Wildman–Crippen MR) is 92.9 cm³/mol. The second-order valence-electron chi connectivity index (χ2n) is 7.13. The summed E-state index contributed by atoms with van der Waals surface area (Å²) in [7, 11) is 1.83. The van der Waals surface area contributed by atoms with Crippen LogP contribution in [-0.2, 0) is 19.1 Å². The van der Waals surface area contributed by atoms with Crippen LogP contribution in [0.1, 0.15) is 36.9 Å². The summed E-state index contributed by atoms with van der Waals surface area (Å²) in [5, 5.41) is 21.3. The van der Waals surface area contributed by atoms with Crippen LogP contribution < -0.4 is 4.74 Å². The fraction of sp³-hybridized carbons (Fsp3) is 0.412. The smallest absolute Gasteiger partial charge is 0.236 e. The lowest BCUT2D eigenvalue weighted by molar-refractivity contribution is 0.269. The molecule has 5 rings (SSSR count). The molecule has 4 aromatic rings. The van der Waals surface area contributed by atoms with E-state index in [1.165, 1.54) is 6.33 Å². The number of fused-ring (bicyclic) bond motifs is 1. The zero-order valence-electron chi connectivity index (χ0n) is 15.2. The van der Waals surface area contributed by atoms with Crippen molar-refractivity contribution in [3.05, 3.63) is 35.6 Å². The minimum Gasteiger partial charge on any atom is -0.468 e. The van der Waals surface area contributed by atoms with Crippen molar-refractivity contribution >= 4 is 5.65 Å². The minimum atomic E-state index is 0.0561. The minimum absolute atomic E-state index is 0.0561. The Bertz CT molecular complexity index is 1140. The van der Waals surface area contributed by atoms with Gasteiger partial charge < -0.3 is 9.26 Å². The Kier molecular flexibility index (Phi) is 3.30. The molecule has 27 heavy (non-hydrogen) atoms. The van der Waals surface area contributed by atoms with Crippen LogP contribution in [0.2, 0.25) is 0 Å². The Hall–Kier alpha value is -3.30. The van der Waals surface area contributed by atoms with E-state index in [1.54, 1.807) is 15.3 Å². The first-order valence-electron chi connectivity index (χ1n) is 8.70. The van der Waals surface area contributed by atoms with Gasteiger partial charge in [-0.25, -0.2) is 4.98 Å². The number of nitrogens with zero attached hydrogens (tertiary/aromatic N) is 8. The number of ether oxygens (including phenoxy) is 1. The Labute approximate surface area is 154 Å². The van der Waals surface area contributed by atoms with Crippen molar-refractivity contribution in [3.8, 4) is 17.4 Å². The van der Waals surface area contributed by atoms with Crippen molar-refractivity contribution in [1.82, 2.24) is 39.7 Å². The molecule has 4 aromatic heterocycles. The molecule has 138 valence electrons. The van der Waals surface area contributed by atoms with E-state index < -0.39 is 0 Å². The third-order valence-corrected chi connectivity index (χ3v) is 5.01. The molecule has 1 saturated carbocycles. The molecule has 10 heteroatoms. The maximum atomic E-state index is 6.05. The molecule has 4 heterocycles. The van der Waals surface area contributed by atoms with Crippen molar-refractivity contribution in [2.24, 2.45) is 7.05 Å². The summed E-state index contributed by atoms with van der Waals surface area (Å²) in [6, 6.07) is 3.80. The molecule has 1 aliphatic carbocycles. The third-order valence-electron chi connectivity index (χ3n) is 5.01.